The van der Waals surface area contributed by atoms with E-state index in [-0.39, 0.29) is 11.9 Å². The van der Waals surface area contributed by atoms with Crippen molar-refractivity contribution in [1.82, 2.24) is 4.90 Å². The van der Waals surface area contributed by atoms with Crippen LogP contribution in [0.15, 0.2) is 24.3 Å². The molecule has 1 aliphatic heterocycles. The van der Waals surface area contributed by atoms with E-state index in [2.05, 4.69) is 11.8 Å². The quantitative estimate of drug-likeness (QED) is 0.889. The van der Waals surface area contributed by atoms with Gasteiger partial charge in [-0.05, 0) is 43.1 Å². The molecular formula is C14H21FN2O. The van der Waals surface area contributed by atoms with E-state index >= 15 is 0 Å². The molecule has 2 rings (SSSR count). The molecular weight excluding hydrogens is 231 g/mol. The molecule has 1 aliphatic rings. The molecule has 0 amide bonds. The van der Waals surface area contributed by atoms with Gasteiger partial charge in [-0.15, -0.1) is 0 Å². The highest BCUT2D eigenvalue weighted by Crippen LogP contribution is 2.15. The molecule has 0 spiro atoms. The van der Waals surface area contributed by atoms with Gasteiger partial charge in [0.25, 0.3) is 0 Å². The summed E-state index contributed by atoms with van der Waals surface area (Å²) in [6.07, 6.45) is 1.15. The zero-order chi connectivity index (χ0) is 13.0. The van der Waals surface area contributed by atoms with E-state index < -0.39 is 0 Å². The van der Waals surface area contributed by atoms with Gasteiger partial charge in [0.05, 0.1) is 0 Å². The maximum atomic E-state index is 12.7. The number of likely N-dealkylation sites (tertiary alicyclic amines) is 1. The Balaban J connectivity index is 1.71. The van der Waals surface area contributed by atoms with Crippen molar-refractivity contribution >= 4 is 0 Å². The summed E-state index contributed by atoms with van der Waals surface area (Å²) < 4.78 is 18.3. The second-order valence-electron chi connectivity index (χ2n) is 5.03. The molecule has 0 saturated carbocycles. The molecule has 4 heteroatoms. The molecule has 100 valence electrons. The largest absolute Gasteiger partial charge is 0.492 e. The van der Waals surface area contributed by atoms with Crippen LogP contribution in [0.4, 0.5) is 4.39 Å². The average Bonchev–Trinajstić information content (AvgIpc) is 2.36. The summed E-state index contributed by atoms with van der Waals surface area (Å²) in [5.74, 6) is 1.09. The first-order valence-electron chi connectivity index (χ1n) is 6.51. The van der Waals surface area contributed by atoms with Crippen LogP contribution < -0.4 is 10.5 Å². The van der Waals surface area contributed by atoms with E-state index in [1.54, 1.807) is 12.1 Å². The lowest BCUT2D eigenvalue weighted by Gasteiger charge is -2.34. The lowest BCUT2D eigenvalue weighted by Crippen LogP contribution is -2.48. The Hall–Kier alpha value is -1.13. The third-order valence-corrected chi connectivity index (χ3v) is 3.59. The molecule has 1 saturated heterocycles. The van der Waals surface area contributed by atoms with Crippen LogP contribution in [0, 0.1) is 11.7 Å². The highest BCUT2D eigenvalue weighted by molar-refractivity contribution is 5.21. The molecule has 1 fully saturated rings. The number of rotatable bonds is 4. The molecule has 0 bridgehead atoms. The van der Waals surface area contributed by atoms with Crippen LogP contribution in [-0.2, 0) is 0 Å². The van der Waals surface area contributed by atoms with Gasteiger partial charge in [0.2, 0.25) is 0 Å². The summed E-state index contributed by atoms with van der Waals surface area (Å²) in [5, 5.41) is 0. The summed E-state index contributed by atoms with van der Waals surface area (Å²) in [7, 11) is 0. The van der Waals surface area contributed by atoms with Gasteiger partial charge in [0.1, 0.15) is 18.2 Å². The third kappa shape index (κ3) is 3.68. The number of halogens is 1. The molecule has 2 atom stereocenters. The van der Waals surface area contributed by atoms with E-state index in [0.717, 1.165) is 26.1 Å². The SMILES string of the molecule is CC1CCN(CCOc2ccc(F)cc2)CC1N. The van der Waals surface area contributed by atoms with Crippen LogP contribution in [-0.4, -0.2) is 37.2 Å². The first-order chi connectivity index (χ1) is 8.65. The maximum absolute atomic E-state index is 12.7. The minimum absolute atomic E-state index is 0.238. The van der Waals surface area contributed by atoms with E-state index in [4.69, 9.17) is 10.5 Å². The Morgan fingerprint density at radius 1 is 1.39 bits per heavy atom. The van der Waals surface area contributed by atoms with Crippen LogP contribution in [0.5, 0.6) is 5.75 Å². The molecule has 2 unspecified atom stereocenters. The number of piperidine rings is 1. The minimum Gasteiger partial charge on any atom is -0.492 e. The van der Waals surface area contributed by atoms with Crippen LogP contribution in [0.2, 0.25) is 0 Å². The van der Waals surface area contributed by atoms with Crippen molar-refractivity contribution < 1.29 is 9.13 Å². The van der Waals surface area contributed by atoms with Crippen molar-refractivity contribution in [2.45, 2.75) is 19.4 Å². The van der Waals surface area contributed by atoms with E-state index in [9.17, 15) is 4.39 Å². The lowest BCUT2D eigenvalue weighted by molar-refractivity contribution is 0.143. The van der Waals surface area contributed by atoms with Crippen LogP contribution >= 0.6 is 0 Å². The highest BCUT2D eigenvalue weighted by Gasteiger charge is 2.22. The van der Waals surface area contributed by atoms with Crippen molar-refractivity contribution in [2.75, 3.05) is 26.2 Å². The van der Waals surface area contributed by atoms with Gasteiger partial charge in [0, 0.05) is 19.1 Å². The van der Waals surface area contributed by atoms with Gasteiger partial charge >= 0.3 is 0 Å². The second kappa shape index (κ2) is 6.16. The Labute approximate surface area is 108 Å². The maximum Gasteiger partial charge on any atom is 0.123 e. The van der Waals surface area contributed by atoms with Gasteiger partial charge in [0.15, 0.2) is 0 Å². The monoisotopic (exact) mass is 252 g/mol. The number of benzene rings is 1. The van der Waals surface area contributed by atoms with Crippen LogP contribution in [0.1, 0.15) is 13.3 Å². The Kier molecular flexibility index (Phi) is 4.55. The van der Waals surface area contributed by atoms with Crippen molar-refractivity contribution in [2.24, 2.45) is 11.7 Å². The molecule has 0 aliphatic carbocycles. The van der Waals surface area contributed by atoms with E-state index in [0.29, 0.717) is 18.3 Å². The molecule has 1 aromatic carbocycles. The highest BCUT2D eigenvalue weighted by atomic mass is 19.1. The third-order valence-electron chi connectivity index (χ3n) is 3.59. The molecule has 1 heterocycles. The second-order valence-corrected chi connectivity index (χ2v) is 5.03. The molecule has 1 aromatic rings. The summed E-state index contributed by atoms with van der Waals surface area (Å²) in [6, 6.07) is 6.39. The van der Waals surface area contributed by atoms with Crippen molar-refractivity contribution in [3.05, 3.63) is 30.1 Å². The van der Waals surface area contributed by atoms with Crippen molar-refractivity contribution in [1.29, 1.82) is 0 Å². The van der Waals surface area contributed by atoms with Gasteiger partial charge < -0.3 is 10.5 Å². The summed E-state index contributed by atoms with van der Waals surface area (Å²) in [5.41, 5.74) is 6.04. The predicted molar refractivity (Wildman–Crippen MR) is 70.1 cm³/mol. The zero-order valence-corrected chi connectivity index (χ0v) is 10.8. The summed E-state index contributed by atoms with van der Waals surface area (Å²) >= 11 is 0. The van der Waals surface area contributed by atoms with Gasteiger partial charge in [-0.2, -0.15) is 0 Å². The lowest BCUT2D eigenvalue weighted by atomic mass is 9.94. The standard InChI is InChI=1S/C14H21FN2O/c1-11-6-7-17(10-14(11)16)8-9-18-13-4-2-12(15)3-5-13/h2-5,11,14H,6-10,16H2,1H3. The average molecular weight is 252 g/mol. The molecule has 0 radical (unpaired) electrons. The van der Waals surface area contributed by atoms with Crippen molar-refractivity contribution in [3.63, 3.8) is 0 Å². The Morgan fingerprint density at radius 2 is 2.11 bits per heavy atom. The zero-order valence-electron chi connectivity index (χ0n) is 10.8. The number of nitrogens with two attached hydrogens (primary N) is 1. The molecule has 18 heavy (non-hydrogen) atoms. The van der Waals surface area contributed by atoms with Crippen LogP contribution in [0.25, 0.3) is 0 Å². The predicted octanol–water partition coefficient (Wildman–Crippen LogP) is 1.87. The molecule has 0 aromatic heterocycles. The fraction of sp³-hybridized carbons (Fsp3) is 0.571. The number of ether oxygens (including phenoxy) is 1. The molecule has 2 N–H and O–H groups in total. The van der Waals surface area contributed by atoms with Gasteiger partial charge in [-0.3, -0.25) is 4.90 Å². The van der Waals surface area contributed by atoms with E-state index in [1.807, 2.05) is 0 Å². The topological polar surface area (TPSA) is 38.5 Å². The Bertz CT molecular complexity index is 369. The number of hydrogen-bond donors (Lipinski definition) is 1. The normalized spacial score (nSPS) is 25.1. The smallest absolute Gasteiger partial charge is 0.123 e. The fourth-order valence-electron chi connectivity index (χ4n) is 2.20. The molecule has 3 nitrogen and oxygen atoms in total. The first kappa shape index (κ1) is 13.3. The van der Waals surface area contributed by atoms with Gasteiger partial charge in [-0.25, -0.2) is 4.39 Å². The number of hydrogen-bond acceptors (Lipinski definition) is 3. The van der Waals surface area contributed by atoms with Crippen LogP contribution in [0.3, 0.4) is 0 Å². The minimum atomic E-state index is -0.238. The summed E-state index contributed by atoms with van der Waals surface area (Å²) in [6.45, 7) is 5.72. The Morgan fingerprint density at radius 3 is 2.78 bits per heavy atom. The van der Waals surface area contributed by atoms with Gasteiger partial charge in [-0.1, -0.05) is 6.92 Å². The summed E-state index contributed by atoms with van der Waals surface area (Å²) in [4.78, 5) is 2.33. The number of nitrogens with zero attached hydrogens (tertiary/aromatic N) is 1. The van der Waals surface area contributed by atoms with E-state index in [1.165, 1.54) is 12.1 Å². The first-order valence-corrected chi connectivity index (χ1v) is 6.51. The van der Waals surface area contributed by atoms with Crippen molar-refractivity contribution in [3.8, 4) is 5.75 Å². The fourth-order valence-corrected chi connectivity index (χ4v) is 2.20.